The van der Waals surface area contributed by atoms with E-state index in [4.69, 9.17) is 10.00 Å². The lowest BCUT2D eigenvalue weighted by molar-refractivity contribution is -0.141. The number of rotatable bonds is 4. The van der Waals surface area contributed by atoms with Crippen LogP contribution in [0.15, 0.2) is 0 Å². The maximum atomic E-state index is 10.3. The van der Waals surface area contributed by atoms with E-state index >= 15 is 0 Å². The van der Waals surface area contributed by atoms with Gasteiger partial charge in [0.1, 0.15) is 5.40 Å². The van der Waals surface area contributed by atoms with Crippen LogP contribution in [0.3, 0.4) is 0 Å². The molecule has 0 heterocycles. The summed E-state index contributed by atoms with van der Waals surface area (Å²) < 4.78 is 4.74. The number of thiocyanates is 1. The van der Waals surface area contributed by atoms with Crippen LogP contribution in [0.2, 0.25) is 0 Å². The van der Waals surface area contributed by atoms with E-state index in [1.807, 2.05) is 12.3 Å². The highest BCUT2D eigenvalue weighted by molar-refractivity contribution is 8.03. The number of carbonyl (C=O) groups is 1. The number of thioether (sulfide) groups is 1. The lowest BCUT2D eigenvalue weighted by atomic mass is 10.2. The first kappa shape index (κ1) is 10.3. The summed E-state index contributed by atoms with van der Waals surface area (Å²) in [6.45, 7) is 3.72. The van der Waals surface area contributed by atoms with Crippen LogP contribution in [-0.4, -0.2) is 18.3 Å². The molecule has 0 saturated heterocycles. The van der Waals surface area contributed by atoms with Gasteiger partial charge >= 0.3 is 5.97 Å². The SMILES string of the molecule is CC(=O)OC[C@H](C)CSC#N. The number of esters is 1. The number of ether oxygens (including phenoxy) is 1. The normalized spacial score (nSPS) is 11.7. The van der Waals surface area contributed by atoms with Crippen molar-refractivity contribution < 1.29 is 9.53 Å². The molecular weight excluding hydrogens is 162 g/mol. The minimum Gasteiger partial charge on any atom is -0.466 e. The number of hydrogen-bond acceptors (Lipinski definition) is 4. The number of nitriles is 1. The van der Waals surface area contributed by atoms with E-state index in [2.05, 4.69) is 0 Å². The third kappa shape index (κ3) is 7.20. The Balaban J connectivity index is 3.31. The molecule has 0 rings (SSSR count). The van der Waals surface area contributed by atoms with Gasteiger partial charge in [-0.05, 0) is 11.8 Å². The summed E-state index contributed by atoms with van der Waals surface area (Å²) in [4.78, 5) is 10.3. The molecule has 0 aliphatic carbocycles. The molecule has 0 N–H and O–H groups in total. The zero-order valence-corrected chi connectivity index (χ0v) is 7.48. The topological polar surface area (TPSA) is 50.1 Å². The Morgan fingerprint density at radius 3 is 2.91 bits per heavy atom. The van der Waals surface area contributed by atoms with Crippen molar-refractivity contribution in [3.8, 4) is 5.40 Å². The van der Waals surface area contributed by atoms with Crippen molar-refractivity contribution >= 4 is 17.7 Å². The predicted octanol–water partition coefficient (Wildman–Crippen LogP) is 1.40. The van der Waals surface area contributed by atoms with E-state index in [0.29, 0.717) is 12.4 Å². The van der Waals surface area contributed by atoms with Crippen molar-refractivity contribution in [2.45, 2.75) is 13.8 Å². The molecule has 1 atom stereocenters. The smallest absolute Gasteiger partial charge is 0.302 e. The summed E-state index contributed by atoms with van der Waals surface area (Å²) in [6, 6.07) is 0. The third-order valence-corrected chi connectivity index (χ3v) is 1.87. The van der Waals surface area contributed by atoms with Crippen molar-refractivity contribution in [1.29, 1.82) is 5.26 Å². The lowest BCUT2D eigenvalue weighted by Crippen LogP contribution is -2.10. The number of nitrogens with zero attached hydrogens (tertiary/aromatic N) is 1. The predicted molar refractivity (Wildman–Crippen MR) is 43.9 cm³/mol. The quantitative estimate of drug-likeness (QED) is 0.476. The monoisotopic (exact) mass is 173 g/mol. The van der Waals surface area contributed by atoms with Crippen molar-refractivity contribution in [2.75, 3.05) is 12.4 Å². The van der Waals surface area contributed by atoms with Crippen LogP contribution in [0.4, 0.5) is 0 Å². The molecule has 4 heteroatoms. The van der Waals surface area contributed by atoms with Gasteiger partial charge in [0.25, 0.3) is 0 Å². The Hall–Kier alpha value is -0.690. The van der Waals surface area contributed by atoms with Crippen molar-refractivity contribution in [2.24, 2.45) is 5.92 Å². The summed E-state index contributed by atoms with van der Waals surface area (Å²) in [5.74, 6) is 0.700. The first-order valence-electron chi connectivity index (χ1n) is 3.31. The average molecular weight is 173 g/mol. The fraction of sp³-hybridized carbons (Fsp3) is 0.714. The van der Waals surface area contributed by atoms with Crippen LogP contribution in [0.25, 0.3) is 0 Å². The van der Waals surface area contributed by atoms with Gasteiger partial charge in [-0.3, -0.25) is 4.79 Å². The molecule has 0 bridgehead atoms. The molecule has 0 aromatic heterocycles. The highest BCUT2D eigenvalue weighted by atomic mass is 32.2. The molecule has 0 amide bonds. The van der Waals surface area contributed by atoms with Crippen LogP contribution >= 0.6 is 11.8 Å². The van der Waals surface area contributed by atoms with Gasteiger partial charge in [-0.25, -0.2) is 0 Å². The van der Waals surface area contributed by atoms with E-state index in [1.165, 1.54) is 18.7 Å². The molecule has 0 aromatic rings. The first-order valence-corrected chi connectivity index (χ1v) is 4.29. The van der Waals surface area contributed by atoms with Crippen LogP contribution < -0.4 is 0 Å². The van der Waals surface area contributed by atoms with Gasteiger partial charge in [0.15, 0.2) is 0 Å². The summed E-state index contributed by atoms with van der Waals surface area (Å²) >= 11 is 1.18. The molecule has 0 aliphatic rings. The number of hydrogen-bond donors (Lipinski definition) is 0. The van der Waals surface area contributed by atoms with Crippen molar-refractivity contribution in [3.63, 3.8) is 0 Å². The molecule has 3 nitrogen and oxygen atoms in total. The van der Waals surface area contributed by atoms with E-state index in [1.54, 1.807) is 0 Å². The molecule has 0 fully saturated rings. The highest BCUT2D eigenvalue weighted by Crippen LogP contribution is 2.06. The minimum atomic E-state index is -0.265. The van der Waals surface area contributed by atoms with Crippen molar-refractivity contribution in [3.05, 3.63) is 0 Å². The third-order valence-electron chi connectivity index (χ3n) is 1.00. The van der Waals surface area contributed by atoms with Gasteiger partial charge in [0, 0.05) is 18.6 Å². The Morgan fingerprint density at radius 2 is 2.45 bits per heavy atom. The zero-order chi connectivity index (χ0) is 8.69. The molecule has 0 saturated carbocycles. The Kier molecular flexibility index (Phi) is 5.67. The van der Waals surface area contributed by atoms with Gasteiger partial charge in [-0.15, -0.1) is 0 Å². The average Bonchev–Trinajstić information content (AvgIpc) is 1.97. The summed E-state index contributed by atoms with van der Waals surface area (Å²) in [6.07, 6.45) is 0. The fourth-order valence-corrected chi connectivity index (χ4v) is 0.943. The molecule has 11 heavy (non-hydrogen) atoms. The molecule has 0 spiro atoms. The summed E-state index contributed by atoms with van der Waals surface area (Å²) in [5.41, 5.74) is 0. The Morgan fingerprint density at radius 1 is 1.82 bits per heavy atom. The highest BCUT2D eigenvalue weighted by Gasteiger charge is 2.03. The Labute approximate surface area is 70.7 Å². The van der Waals surface area contributed by atoms with E-state index in [0.717, 1.165) is 0 Å². The summed E-state index contributed by atoms with van der Waals surface area (Å²) in [7, 11) is 0. The largest absolute Gasteiger partial charge is 0.466 e. The minimum absolute atomic E-state index is 0.253. The second kappa shape index (κ2) is 6.05. The second-order valence-electron chi connectivity index (χ2n) is 2.31. The van der Waals surface area contributed by atoms with Crippen LogP contribution in [-0.2, 0) is 9.53 Å². The van der Waals surface area contributed by atoms with E-state index in [9.17, 15) is 4.79 Å². The molecular formula is C7H11NO2S. The Bertz CT molecular complexity index is 164. The van der Waals surface area contributed by atoms with Crippen LogP contribution in [0.1, 0.15) is 13.8 Å². The lowest BCUT2D eigenvalue weighted by Gasteiger charge is -2.07. The van der Waals surface area contributed by atoms with Gasteiger partial charge in [-0.1, -0.05) is 6.92 Å². The van der Waals surface area contributed by atoms with Crippen LogP contribution in [0.5, 0.6) is 0 Å². The summed E-state index contributed by atoms with van der Waals surface area (Å²) in [5, 5.41) is 10.2. The maximum absolute atomic E-state index is 10.3. The van der Waals surface area contributed by atoms with E-state index < -0.39 is 0 Å². The van der Waals surface area contributed by atoms with Gasteiger partial charge in [-0.2, -0.15) is 5.26 Å². The fourth-order valence-electron chi connectivity index (χ4n) is 0.487. The van der Waals surface area contributed by atoms with Crippen molar-refractivity contribution in [1.82, 2.24) is 0 Å². The molecule has 0 radical (unpaired) electrons. The molecule has 62 valence electrons. The number of carbonyl (C=O) groups excluding carboxylic acids is 1. The second-order valence-corrected chi connectivity index (χ2v) is 3.11. The first-order chi connectivity index (χ1) is 5.16. The van der Waals surface area contributed by atoms with Gasteiger partial charge < -0.3 is 4.74 Å². The van der Waals surface area contributed by atoms with Gasteiger partial charge in [0.05, 0.1) is 6.61 Å². The molecule has 0 aliphatic heterocycles. The molecule has 0 aromatic carbocycles. The maximum Gasteiger partial charge on any atom is 0.302 e. The standard InChI is InChI=1S/C7H11NO2S/c1-6(4-11-5-8)3-10-7(2)9/h6H,3-4H2,1-2H3/t6-/m0/s1. The van der Waals surface area contributed by atoms with E-state index in [-0.39, 0.29) is 11.9 Å². The molecule has 0 unspecified atom stereocenters. The van der Waals surface area contributed by atoms with Crippen LogP contribution in [0, 0.1) is 16.6 Å². The zero-order valence-electron chi connectivity index (χ0n) is 6.66. The van der Waals surface area contributed by atoms with Gasteiger partial charge in [0.2, 0.25) is 0 Å².